The van der Waals surface area contributed by atoms with Gasteiger partial charge in [-0.3, -0.25) is 0 Å². The van der Waals surface area contributed by atoms with E-state index < -0.39 is 30.8 Å². The Bertz CT molecular complexity index is 493. The first kappa shape index (κ1) is 16.4. The van der Waals surface area contributed by atoms with Crippen LogP contribution in [0.25, 0.3) is 0 Å². The van der Waals surface area contributed by atoms with Crippen LogP contribution in [0, 0.1) is 0 Å². The Morgan fingerprint density at radius 1 is 1.00 bits per heavy atom. The van der Waals surface area contributed by atoms with Gasteiger partial charge in [0.1, 0.15) is 0 Å². The SMILES string of the molecule is O=S(=O)(NS(=O)(=O)C(F)(F)F)C1CCC(I)CC1. The highest BCUT2D eigenvalue weighted by Gasteiger charge is 2.49. The quantitative estimate of drug-likeness (QED) is 0.554. The van der Waals surface area contributed by atoms with Crippen molar-refractivity contribution in [1.29, 1.82) is 0 Å². The zero-order chi connectivity index (χ0) is 14.2. The molecule has 18 heavy (non-hydrogen) atoms. The lowest BCUT2D eigenvalue weighted by atomic mass is 10.0. The molecule has 0 spiro atoms. The fraction of sp³-hybridized carbons (Fsp3) is 1.00. The molecule has 1 saturated carbocycles. The summed E-state index contributed by atoms with van der Waals surface area (Å²) in [5.41, 5.74) is -5.62. The number of rotatable bonds is 3. The Hall–Kier alpha value is 0.380. The lowest BCUT2D eigenvalue weighted by molar-refractivity contribution is -0.0441. The molecule has 0 aromatic heterocycles. The third-order valence-electron chi connectivity index (χ3n) is 2.57. The first-order chi connectivity index (χ1) is 7.96. The Labute approximate surface area is 117 Å². The van der Waals surface area contributed by atoms with Crippen molar-refractivity contribution in [1.82, 2.24) is 4.13 Å². The van der Waals surface area contributed by atoms with E-state index >= 15 is 0 Å². The molecule has 0 aliphatic heterocycles. The van der Waals surface area contributed by atoms with Gasteiger partial charge in [-0.15, -0.1) is 4.13 Å². The van der Waals surface area contributed by atoms with Crippen LogP contribution in [0.2, 0.25) is 0 Å². The molecule has 11 heteroatoms. The zero-order valence-corrected chi connectivity index (χ0v) is 12.7. The molecule has 0 bridgehead atoms. The average Bonchev–Trinajstić information content (AvgIpc) is 2.14. The van der Waals surface area contributed by atoms with Crippen LogP contribution in [0.3, 0.4) is 0 Å². The van der Waals surface area contributed by atoms with Gasteiger partial charge in [-0.1, -0.05) is 22.6 Å². The topological polar surface area (TPSA) is 80.3 Å². The first-order valence-corrected chi connectivity index (χ1v) is 9.21. The molecule has 0 heterocycles. The van der Waals surface area contributed by atoms with Crippen molar-refractivity contribution in [2.45, 2.75) is 40.4 Å². The Kier molecular flexibility index (Phi) is 4.93. The number of nitrogens with one attached hydrogen (secondary N) is 1. The van der Waals surface area contributed by atoms with Crippen molar-refractivity contribution in [2.75, 3.05) is 0 Å². The number of alkyl halides is 4. The number of hydrogen-bond donors (Lipinski definition) is 1. The molecule has 1 rings (SSSR count). The van der Waals surface area contributed by atoms with Gasteiger partial charge in [0, 0.05) is 3.92 Å². The van der Waals surface area contributed by atoms with Gasteiger partial charge in [0.15, 0.2) is 0 Å². The number of hydrogen-bond acceptors (Lipinski definition) is 4. The van der Waals surface area contributed by atoms with Crippen molar-refractivity contribution in [3.63, 3.8) is 0 Å². The third-order valence-corrected chi connectivity index (χ3v) is 7.58. The number of halogens is 4. The van der Waals surface area contributed by atoms with E-state index in [-0.39, 0.29) is 16.8 Å². The maximum absolute atomic E-state index is 12.1. The fourth-order valence-electron chi connectivity index (χ4n) is 1.60. The molecule has 1 aliphatic carbocycles. The molecule has 1 fully saturated rings. The minimum absolute atomic E-state index is 0.163. The summed E-state index contributed by atoms with van der Waals surface area (Å²) in [5.74, 6) is 0. The summed E-state index contributed by atoms with van der Waals surface area (Å²) in [7, 11) is -10.4. The minimum atomic E-state index is -5.86. The van der Waals surface area contributed by atoms with Crippen molar-refractivity contribution in [2.24, 2.45) is 0 Å². The average molecular weight is 421 g/mol. The van der Waals surface area contributed by atoms with E-state index in [1.54, 1.807) is 0 Å². The highest BCUT2D eigenvalue weighted by atomic mass is 127. The first-order valence-electron chi connectivity index (χ1n) is 4.93. The van der Waals surface area contributed by atoms with E-state index in [0.29, 0.717) is 12.8 Å². The number of sulfonamides is 2. The molecule has 0 atom stereocenters. The fourth-order valence-corrected chi connectivity index (χ4v) is 5.36. The van der Waals surface area contributed by atoms with Gasteiger partial charge in [0.2, 0.25) is 10.0 Å². The smallest absolute Gasteiger partial charge is 0.211 e. The third kappa shape index (κ3) is 3.93. The highest BCUT2D eigenvalue weighted by Crippen LogP contribution is 2.30. The second-order valence-corrected chi connectivity index (χ2v) is 9.61. The molecule has 1 N–H and O–H groups in total. The molecule has 5 nitrogen and oxygen atoms in total. The van der Waals surface area contributed by atoms with Gasteiger partial charge in [0.05, 0.1) is 5.25 Å². The molecule has 1 aliphatic rings. The maximum atomic E-state index is 12.1. The largest absolute Gasteiger partial charge is 0.512 e. The molecule has 0 aromatic rings. The van der Waals surface area contributed by atoms with Gasteiger partial charge in [0.25, 0.3) is 0 Å². The van der Waals surface area contributed by atoms with Crippen LogP contribution < -0.4 is 4.13 Å². The summed E-state index contributed by atoms with van der Waals surface area (Å²) < 4.78 is 81.9. The summed E-state index contributed by atoms with van der Waals surface area (Å²) >= 11 is 2.12. The molecule has 0 amide bonds. The molecule has 0 unspecified atom stereocenters. The van der Waals surface area contributed by atoms with Gasteiger partial charge >= 0.3 is 15.5 Å². The molecule has 108 valence electrons. The molecule has 0 saturated heterocycles. The van der Waals surface area contributed by atoms with Crippen molar-refractivity contribution < 1.29 is 30.0 Å². The predicted octanol–water partition coefficient (Wildman–Crippen LogP) is 1.50. The molecule has 0 radical (unpaired) electrons. The summed E-state index contributed by atoms with van der Waals surface area (Å²) in [6, 6.07) is 0. The van der Waals surface area contributed by atoms with Crippen LogP contribution >= 0.6 is 22.6 Å². The summed E-state index contributed by atoms with van der Waals surface area (Å²) in [5, 5.41) is -1.08. The lowest BCUT2D eigenvalue weighted by Gasteiger charge is -2.25. The maximum Gasteiger partial charge on any atom is 0.512 e. The molecule has 0 aromatic carbocycles. The summed E-state index contributed by atoms with van der Waals surface area (Å²) in [6.45, 7) is 0. The summed E-state index contributed by atoms with van der Waals surface area (Å²) in [6.07, 6.45) is 1.41. The molecular weight excluding hydrogens is 410 g/mol. The van der Waals surface area contributed by atoms with E-state index in [9.17, 15) is 30.0 Å². The minimum Gasteiger partial charge on any atom is -0.211 e. The van der Waals surface area contributed by atoms with Crippen LogP contribution in [0.4, 0.5) is 13.2 Å². The van der Waals surface area contributed by atoms with Gasteiger partial charge in [-0.25, -0.2) is 16.8 Å². The van der Waals surface area contributed by atoms with Crippen molar-refractivity contribution in [3.05, 3.63) is 0 Å². The van der Waals surface area contributed by atoms with E-state index in [1.165, 1.54) is 0 Å². The van der Waals surface area contributed by atoms with E-state index in [0.717, 1.165) is 4.13 Å². The Balaban J connectivity index is 2.84. The highest BCUT2D eigenvalue weighted by molar-refractivity contribution is 14.1. The van der Waals surface area contributed by atoms with Crippen LogP contribution in [-0.4, -0.2) is 31.5 Å². The lowest BCUT2D eigenvalue weighted by Crippen LogP contribution is -2.45. The Morgan fingerprint density at radius 2 is 1.44 bits per heavy atom. The summed E-state index contributed by atoms with van der Waals surface area (Å²) in [4.78, 5) is 0. The van der Waals surface area contributed by atoms with E-state index in [4.69, 9.17) is 0 Å². The van der Waals surface area contributed by atoms with Crippen LogP contribution in [0.1, 0.15) is 25.7 Å². The van der Waals surface area contributed by atoms with Crippen molar-refractivity contribution in [3.8, 4) is 0 Å². The predicted molar refractivity (Wildman–Crippen MR) is 67.1 cm³/mol. The van der Waals surface area contributed by atoms with Gasteiger partial charge < -0.3 is 0 Å². The van der Waals surface area contributed by atoms with Crippen LogP contribution in [0.15, 0.2) is 0 Å². The Morgan fingerprint density at radius 3 is 1.83 bits per heavy atom. The van der Waals surface area contributed by atoms with Gasteiger partial charge in [-0.05, 0) is 25.7 Å². The molecular formula is C7H11F3INO4S2. The zero-order valence-electron chi connectivity index (χ0n) is 8.94. The second kappa shape index (κ2) is 5.40. The standard InChI is InChI=1S/C7H11F3INO4S2/c8-7(9,10)18(15,16)12-17(13,14)6-3-1-5(11)2-4-6/h5-6,12H,1-4H2. The van der Waals surface area contributed by atoms with Crippen LogP contribution in [0.5, 0.6) is 0 Å². The monoisotopic (exact) mass is 421 g/mol. The van der Waals surface area contributed by atoms with Crippen molar-refractivity contribution >= 4 is 42.6 Å². The van der Waals surface area contributed by atoms with Crippen LogP contribution in [-0.2, 0) is 20.0 Å². The normalized spacial score (nSPS) is 27.1. The van der Waals surface area contributed by atoms with Gasteiger partial charge in [-0.2, -0.15) is 13.2 Å². The second-order valence-electron chi connectivity index (χ2n) is 3.95. The van der Waals surface area contributed by atoms with E-state index in [1.807, 2.05) is 0 Å². The van der Waals surface area contributed by atoms with E-state index in [2.05, 4.69) is 22.6 Å².